The number of hydrogen-bond donors (Lipinski definition) is 1. The molecular weight excluding hydrogens is 252 g/mol. The number of anilines is 2. The first-order valence-corrected chi connectivity index (χ1v) is 7.24. The maximum Gasteiger partial charge on any atom is 0.229 e. The third kappa shape index (κ3) is 3.68. The summed E-state index contributed by atoms with van der Waals surface area (Å²) in [7, 11) is 0. The molecule has 1 aromatic heterocycles. The summed E-state index contributed by atoms with van der Waals surface area (Å²) in [5, 5.41) is 2.84. The first kappa shape index (κ1) is 14.8. The van der Waals surface area contributed by atoms with E-state index < -0.39 is 5.41 Å². The lowest BCUT2D eigenvalue weighted by molar-refractivity contribution is -0.123. The van der Waals surface area contributed by atoms with Crippen molar-refractivity contribution in [3.05, 3.63) is 12.4 Å². The molecule has 2 rings (SSSR count). The molecule has 5 heteroatoms. The fraction of sp³-hybridized carbons (Fsp3) is 0.667. The predicted molar refractivity (Wildman–Crippen MR) is 80.7 cm³/mol. The van der Waals surface area contributed by atoms with E-state index in [2.05, 4.69) is 27.1 Å². The van der Waals surface area contributed by atoms with Crippen molar-refractivity contribution in [2.75, 3.05) is 23.3 Å². The van der Waals surface area contributed by atoms with E-state index in [0.29, 0.717) is 5.69 Å². The summed E-state index contributed by atoms with van der Waals surface area (Å²) in [4.78, 5) is 22.8. The van der Waals surface area contributed by atoms with E-state index in [1.807, 2.05) is 20.8 Å². The molecule has 1 saturated heterocycles. The Morgan fingerprint density at radius 1 is 1.25 bits per heavy atom. The van der Waals surface area contributed by atoms with Crippen molar-refractivity contribution in [2.24, 2.45) is 11.3 Å². The van der Waals surface area contributed by atoms with Gasteiger partial charge in [-0.25, -0.2) is 9.97 Å². The van der Waals surface area contributed by atoms with E-state index >= 15 is 0 Å². The zero-order chi connectivity index (χ0) is 14.8. The molecule has 0 atom stereocenters. The predicted octanol–water partition coefficient (Wildman–Crippen LogP) is 2.70. The Bertz CT molecular complexity index is 456. The Hall–Kier alpha value is -1.65. The van der Waals surface area contributed by atoms with Crippen molar-refractivity contribution in [1.82, 2.24) is 9.97 Å². The van der Waals surface area contributed by atoms with Crippen molar-refractivity contribution in [3.63, 3.8) is 0 Å². The van der Waals surface area contributed by atoms with Crippen LogP contribution in [0.15, 0.2) is 12.4 Å². The quantitative estimate of drug-likeness (QED) is 0.902. The van der Waals surface area contributed by atoms with Crippen LogP contribution in [0.3, 0.4) is 0 Å². The van der Waals surface area contributed by atoms with E-state index in [0.717, 1.165) is 25.0 Å². The van der Waals surface area contributed by atoms with Crippen molar-refractivity contribution >= 4 is 17.5 Å². The smallest absolute Gasteiger partial charge is 0.229 e. The molecule has 20 heavy (non-hydrogen) atoms. The molecule has 1 aliphatic heterocycles. The molecule has 1 fully saturated rings. The standard InChI is InChI=1S/C15H24N4O/c1-11-5-7-19(8-6-11)14-16-9-12(10-17-14)18-13(20)15(2,3)4/h9-11H,5-8H2,1-4H3,(H,18,20). The molecule has 0 aromatic carbocycles. The molecular formula is C15H24N4O. The summed E-state index contributed by atoms with van der Waals surface area (Å²) in [6.07, 6.45) is 5.74. The lowest BCUT2D eigenvalue weighted by Crippen LogP contribution is -2.34. The number of nitrogens with zero attached hydrogens (tertiary/aromatic N) is 3. The Labute approximate surface area is 120 Å². The molecule has 0 spiro atoms. The van der Waals surface area contributed by atoms with E-state index in [1.165, 1.54) is 12.8 Å². The molecule has 2 heterocycles. The molecule has 0 unspecified atom stereocenters. The highest BCUT2D eigenvalue weighted by molar-refractivity contribution is 5.94. The summed E-state index contributed by atoms with van der Waals surface area (Å²) in [6, 6.07) is 0. The molecule has 0 aliphatic carbocycles. The van der Waals surface area contributed by atoms with Crippen LogP contribution < -0.4 is 10.2 Å². The van der Waals surface area contributed by atoms with Gasteiger partial charge in [0.2, 0.25) is 11.9 Å². The molecule has 1 aliphatic rings. The average molecular weight is 276 g/mol. The number of carbonyl (C=O) groups is 1. The zero-order valence-electron chi connectivity index (χ0n) is 12.8. The number of rotatable bonds is 2. The van der Waals surface area contributed by atoms with Crippen molar-refractivity contribution < 1.29 is 4.79 Å². The lowest BCUT2D eigenvalue weighted by Gasteiger charge is -2.30. The van der Waals surface area contributed by atoms with E-state index in [1.54, 1.807) is 12.4 Å². The van der Waals surface area contributed by atoms with Gasteiger partial charge in [0.1, 0.15) is 0 Å². The molecule has 0 bridgehead atoms. The maximum atomic E-state index is 11.9. The van der Waals surface area contributed by atoms with Crippen molar-refractivity contribution in [3.8, 4) is 0 Å². The second-order valence-electron chi connectivity index (χ2n) is 6.65. The minimum atomic E-state index is -0.415. The second-order valence-corrected chi connectivity index (χ2v) is 6.65. The highest BCUT2D eigenvalue weighted by atomic mass is 16.2. The van der Waals surface area contributed by atoms with Crippen LogP contribution in [-0.4, -0.2) is 29.0 Å². The third-order valence-electron chi connectivity index (χ3n) is 3.64. The Morgan fingerprint density at radius 3 is 2.30 bits per heavy atom. The highest BCUT2D eigenvalue weighted by Crippen LogP contribution is 2.21. The summed E-state index contributed by atoms with van der Waals surface area (Å²) in [5.74, 6) is 1.52. The van der Waals surface area contributed by atoms with Crippen molar-refractivity contribution in [2.45, 2.75) is 40.5 Å². The molecule has 5 nitrogen and oxygen atoms in total. The Kier molecular flexibility index (Phi) is 4.26. The van der Waals surface area contributed by atoms with E-state index in [9.17, 15) is 4.79 Å². The molecule has 1 N–H and O–H groups in total. The number of aromatic nitrogens is 2. The number of nitrogens with one attached hydrogen (secondary N) is 1. The molecule has 110 valence electrons. The van der Waals surface area contributed by atoms with Gasteiger partial charge in [-0.1, -0.05) is 27.7 Å². The average Bonchev–Trinajstić information content (AvgIpc) is 2.39. The summed E-state index contributed by atoms with van der Waals surface area (Å²) in [5.41, 5.74) is 0.237. The monoisotopic (exact) mass is 276 g/mol. The first-order chi connectivity index (χ1) is 9.36. The minimum absolute atomic E-state index is 0.0272. The summed E-state index contributed by atoms with van der Waals surface area (Å²) >= 11 is 0. The van der Waals surface area contributed by atoms with Crippen LogP contribution in [0.2, 0.25) is 0 Å². The van der Waals surface area contributed by atoms with Gasteiger partial charge in [0.05, 0.1) is 18.1 Å². The summed E-state index contributed by atoms with van der Waals surface area (Å²) in [6.45, 7) is 9.94. The minimum Gasteiger partial charge on any atom is -0.341 e. The number of carbonyl (C=O) groups excluding carboxylic acids is 1. The van der Waals surface area contributed by atoms with Gasteiger partial charge >= 0.3 is 0 Å². The van der Waals surface area contributed by atoms with Gasteiger partial charge in [-0.3, -0.25) is 4.79 Å². The fourth-order valence-electron chi connectivity index (χ4n) is 2.08. The van der Waals surface area contributed by atoms with Gasteiger partial charge in [0.25, 0.3) is 0 Å². The van der Waals surface area contributed by atoms with Crippen LogP contribution in [0.5, 0.6) is 0 Å². The van der Waals surface area contributed by atoms with Crippen molar-refractivity contribution in [1.29, 1.82) is 0 Å². The largest absolute Gasteiger partial charge is 0.341 e. The van der Waals surface area contributed by atoms with Crippen LogP contribution in [-0.2, 0) is 4.79 Å². The topological polar surface area (TPSA) is 58.1 Å². The number of piperidine rings is 1. The van der Waals surface area contributed by atoms with Gasteiger partial charge in [0, 0.05) is 18.5 Å². The zero-order valence-corrected chi connectivity index (χ0v) is 12.8. The van der Waals surface area contributed by atoms with E-state index in [-0.39, 0.29) is 5.91 Å². The third-order valence-corrected chi connectivity index (χ3v) is 3.64. The highest BCUT2D eigenvalue weighted by Gasteiger charge is 2.22. The molecule has 0 saturated carbocycles. The van der Waals surface area contributed by atoms with E-state index in [4.69, 9.17) is 0 Å². The van der Waals surface area contributed by atoms with Gasteiger partial charge in [-0.2, -0.15) is 0 Å². The molecule has 1 aromatic rings. The van der Waals surface area contributed by atoms with Gasteiger partial charge < -0.3 is 10.2 Å². The van der Waals surface area contributed by atoms with Gasteiger partial charge in [-0.15, -0.1) is 0 Å². The maximum absolute atomic E-state index is 11.9. The summed E-state index contributed by atoms with van der Waals surface area (Å²) < 4.78 is 0. The van der Waals surface area contributed by atoms with Gasteiger partial charge in [0.15, 0.2) is 0 Å². The van der Waals surface area contributed by atoms with Gasteiger partial charge in [-0.05, 0) is 18.8 Å². The first-order valence-electron chi connectivity index (χ1n) is 7.24. The number of hydrogen-bond acceptors (Lipinski definition) is 4. The van der Waals surface area contributed by atoms with Crippen LogP contribution >= 0.6 is 0 Å². The van der Waals surface area contributed by atoms with Crippen LogP contribution in [0, 0.1) is 11.3 Å². The van der Waals surface area contributed by atoms with Crippen LogP contribution in [0.4, 0.5) is 11.6 Å². The normalized spacial score (nSPS) is 17.1. The lowest BCUT2D eigenvalue weighted by atomic mass is 9.96. The van der Waals surface area contributed by atoms with Crippen LogP contribution in [0.25, 0.3) is 0 Å². The molecule has 1 amide bonds. The Balaban J connectivity index is 1.98. The van der Waals surface area contributed by atoms with Crippen LogP contribution in [0.1, 0.15) is 40.5 Å². The SMILES string of the molecule is CC1CCN(c2ncc(NC(=O)C(C)(C)C)cn2)CC1. The second kappa shape index (κ2) is 5.77. The fourth-order valence-corrected chi connectivity index (χ4v) is 2.08. The Morgan fingerprint density at radius 2 is 1.80 bits per heavy atom. The molecule has 0 radical (unpaired) electrons. The number of amides is 1.